The van der Waals surface area contributed by atoms with Crippen LogP contribution in [-0.2, 0) is 0 Å². The van der Waals surface area contributed by atoms with Gasteiger partial charge in [0, 0.05) is 18.1 Å². The number of rotatable bonds is 3. The lowest BCUT2D eigenvalue weighted by Crippen LogP contribution is -2.18. The molecule has 1 rings (SSSR count). The predicted octanol–water partition coefficient (Wildman–Crippen LogP) is 1.72. The van der Waals surface area contributed by atoms with Crippen LogP contribution in [0.25, 0.3) is 0 Å². The van der Waals surface area contributed by atoms with E-state index >= 15 is 0 Å². The molecule has 0 aliphatic carbocycles. The van der Waals surface area contributed by atoms with E-state index in [4.69, 9.17) is 0 Å². The Balaban J connectivity index is 2.85. The summed E-state index contributed by atoms with van der Waals surface area (Å²) in [5.74, 6) is 0. The number of nitrogens with zero attached hydrogens (tertiary/aromatic N) is 2. The fraction of sp³-hybridized carbons (Fsp3) is 0.444. The molecule has 0 aromatic carbocycles. The van der Waals surface area contributed by atoms with Crippen molar-refractivity contribution in [3.05, 3.63) is 29.4 Å². The summed E-state index contributed by atoms with van der Waals surface area (Å²) in [5.41, 5.74) is 1.71. The molecule has 0 fully saturated rings. The lowest BCUT2D eigenvalue weighted by atomic mass is 10.3. The monoisotopic (exact) mass is 244 g/mol. The number of pyridine rings is 1. The van der Waals surface area contributed by atoms with E-state index in [1.807, 2.05) is 19.1 Å². The summed E-state index contributed by atoms with van der Waals surface area (Å²) in [6.45, 7) is 2.71. The van der Waals surface area contributed by atoms with Crippen molar-refractivity contribution in [3.63, 3.8) is 0 Å². The highest BCUT2D eigenvalue weighted by Gasteiger charge is 1.90. The summed E-state index contributed by atoms with van der Waals surface area (Å²) in [6, 6.07) is 3.69. The molecule has 72 valence electrons. The van der Waals surface area contributed by atoms with Gasteiger partial charge in [-0.05, 0) is 31.0 Å². The van der Waals surface area contributed by atoms with Crippen molar-refractivity contribution in [2.45, 2.75) is 13.3 Å². The normalized spacial score (nSPS) is 12.0. The van der Waals surface area contributed by atoms with Crippen LogP contribution in [0.5, 0.6) is 0 Å². The Labute approximate surface area is 85.8 Å². The van der Waals surface area contributed by atoms with E-state index in [2.05, 4.69) is 20.9 Å². The fourth-order valence-corrected chi connectivity index (χ4v) is 1.20. The van der Waals surface area contributed by atoms with Crippen molar-refractivity contribution >= 4 is 15.9 Å². The Morgan fingerprint density at radius 1 is 1.62 bits per heavy atom. The van der Waals surface area contributed by atoms with Gasteiger partial charge in [-0.15, -0.1) is 0 Å². The van der Waals surface area contributed by atoms with Crippen LogP contribution in [0.1, 0.15) is 12.0 Å². The van der Waals surface area contributed by atoms with E-state index in [1.54, 1.807) is 6.20 Å². The molecule has 0 aliphatic rings. The molecule has 0 atom stereocenters. The molecule has 0 saturated carbocycles. The Morgan fingerprint density at radius 2 is 2.38 bits per heavy atom. The summed E-state index contributed by atoms with van der Waals surface area (Å²) in [7, 11) is 0. The molecule has 0 unspecified atom stereocenters. The fourth-order valence-electron chi connectivity index (χ4n) is 0.954. The van der Waals surface area contributed by atoms with Gasteiger partial charge >= 0.3 is 0 Å². The van der Waals surface area contributed by atoms with Crippen LogP contribution in [0.15, 0.2) is 23.3 Å². The molecule has 0 spiro atoms. The molecular formula is C9H13BrN2O. The second-order valence-electron chi connectivity index (χ2n) is 2.83. The summed E-state index contributed by atoms with van der Waals surface area (Å²) in [4.78, 5) is 4.24. The third kappa shape index (κ3) is 3.22. The van der Waals surface area contributed by atoms with E-state index in [0.29, 0.717) is 5.49 Å². The standard InChI is InChI=1S/C9H13BrN2O/c1-8-3-6-12(13)9(7-8)11-5-2-4-10/h3,6-7,13H,2,4-5H2,1H3. The molecule has 3 nitrogen and oxygen atoms in total. The number of hydrogen-bond donors (Lipinski definition) is 1. The molecular weight excluding hydrogens is 232 g/mol. The molecule has 0 aliphatic heterocycles. The van der Waals surface area contributed by atoms with Crippen LogP contribution < -0.4 is 5.49 Å². The first kappa shape index (κ1) is 10.3. The highest BCUT2D eigenvalue weighted by atomic mass is 79.9. The van der Waals surface area contributed by atoms with Gasteiger partial charge in [0.15, 0.2) is 5.49 Å². The van der Waals surface area contributed by atoms with E-state index in [-0.39, 0.29) is 0 Å². The molecule has 0 saturated heterocycles. The van der Waals surface area contributed by atoms with Crippen LogP contribution in [-0.4, -0.2) is 21.8 Å². The highest BCUT2D eigenvalue weighted by Crippen LogP contribution is 1.90. The van der Waals surface area contributed by atoms with Crippen LogP contribution in [0.3, 0.4) is 0 Å². The first-order chi connectivity index (χ1) is 6.24. The highest BCUT2D eigenvalue weighted by molar-refractivity contribution is 9.09. The Kier molecular flexibility index (Phi) is 4.02. The van der Waals surface area contributed by atoms with Crippen molar-refractivity contribution in [1.82, 2.24) is 4.73 Å². The average molecular weight is 245 g/mol. The number of aryl methyl sites for hydroxylation is 1. The zero-order valence-corrected chi connectivity index (χ0v) is 9.16. The van der Waals surface area contributed by atoms with E-state index in [0.717, 1.165) is 28.6 Å². The second kappa shape index (κ2) is 5.07. The van der Waals surface area contributed by atoms with Crippen molar-refractivity contribution in [3.8, 4) is 0 Å². The third-order valence-corrected chi connectivity index (χ3v) is 2.20. The topological polar surface area (TPSA) is 37.5 Å². The molecule has 0 bridgehead atoms. The molecule has 1 heterocycles. The van der Waals surface area contributed by atoms with Crippen molar-refractivity contribution in [2.75, 3.05) is 11.9 Å². The largest absolute Gasteiger partial charge is 0.427 e. The molecule has 1 aromatic rings. The predicted molar refractivity (Wildman–Crippen MR) is 55.2 cm³/mol. The molecule has 0 amide bonds. The van der Waals surface area contributed by atoms with Gasteiger partial charge in [-0.2, -0.15) is 4.73 Å². The maximum absolute atomic E-state index is 9.35. The lowest BCUT2D eigenvalue weighted by molar-refractivity contribution is 0.171. The average Bonchev–Trinajstić information content (AvgIpc) is 2.11. The Morgan fingerprint density at radius 3 is 3.08 bits per heavy atom. The van der Waals surface area contributed by atoms with Gasteiger partial charge in [0.2, 0.25) is 0 Å². The van der Waals surface area contributed by atoms with E-state index in [9.17, 15) is 5.21 Å². The Hall–Kier alpha value is -0.770. The van der Waals surface area contributed by atoms with Crippen LogP contribution >= 0.6 is 15.9 Å². The minimum absolute atomic E-state index is 0.612. The summed E-state index contributed by atoms with van der Waals surface area (Å²) in [6.07, 6.45) is 2.58. The Bertz CT molecular complexity index is 333. The number of alkyl halides is 1. The van der Waals surface area contributed by atoms with Crippen LogP contribution in [0, 0.1) is 6.92 Å². The SMILES string of the molecule is Cc1ccn(O)c(=NCCCBr)c1. The summed E-state index contributed by atoms with van der Waals surface area (Å²) < 4.78 is 1.04. The third-order valence-electron chi connectivity index (χ3n) is 1.64. The van der Waals surface area contributed by atoms with Gasteiger partial charge in [0.25, 0.3) is 0 Å². The minimum atomic E-state index is 0.612. The zero-order chi connectivity index (χ0) is 9.68. The first-order valence-corrected chi connectivity index (χ1v) is 5.31. The van der Waals surface area contributed by atoms with Gasteiger partial charge in [-0.1, -0.05) is 15.9 Å². The van der Waals surface area contributed by atoms with Gasteiger partial charge in [0.05, 0.1) is 0 Å². The molecule has 13 heavy (non-hydrogen) atoms. The van der Waals surface area contributed by atoms with Gasteiger partial charge in [-0.3, -0.25) is 4.99 Å². The van der Waals surface area contributed by atoms with Crippen molar-refractivity contribution in [2.24, 2.45) is 4.99 Å². The number of aromatic nitrogens is 1. The van der Waals surface area contributed by atoms with Crippen LogP contribution in [0.4, 0.5) is 0 Å². The quantitative estimate of drug-likeness (QED) is 0.491. The minimum Gasteiger partial charge on any atom is -0.427 e. The smallest absolute Gasteiger partial charge is 0.163 e. The van der Waals surface area contributed by atoms with Gasteiger partial charge in [0.1, 0.15) is 0 Å². The number of hydrogen-bond acceptors (Lipinski definition) is 2. The molecule has 1 aromatic heterocycles. The first-order valence-electron chi connectivity index (χ1n) is 4.19. The molecule has 4 heteroatoms. The molecule has 0 radical (unpaired) electrons. The summed E-state index contributed by atoms with van der Waals surface area (Å²) in [5, 5.41) is 10.3. The molecule has 1 N–H and O–H groups in total. The van der Waals surface area contributed by atoms with E-state index in [1.165, 1.54) is 0 Å². The maximum atomic E-state index is 9.35. The van der Waals surface area contributed by atoms with Gasteiger partial charge in [-0.25, -0.2) is 0 Å². The number of halogens is 1. The summed E-state index contributed by atoms with van der Waals surface area (Å²) >= 11 is 3.33. The van der Waals surface area contributed by atoms with Crippen molar-refractivity contribution in [1.29, 1.82) is 0 Å². The zero-order valence-electron chi connectivity index (χ0n) is 7.57. The van der Waals surface area contributed by atoms with Crippen LogP contribution in [0.2, 0.25) is 0 Å². The maximum Gasteiger partial charge on any atom is 0.163 e. The van der Waals surface area contributed by atoms with Crippen molar-refractivity contribution < 1.29 is 5.21 Å². The lowest BCUT2D eigenvalue weighted by Gasteiger charge is -1.99. The van der Waals surface area contributed by atoms with E-state index < -0.39 is 0 Å². The van der Waals surface area contributed by atoms with Gasteiger partial charge < -0.3 is 5.21 Å². The second-order valence-corrected chi connectivity index (χ2v) is 3.62.